The molecule has 0 aromatic heterocycles. The molecule has 1 aromatic carbocycles. The number of aliphatic hydroxyl groups is 2. The van der Waals surface area contributed by atoms with Gasteiger partial charge in [-0.15, -0.1) is 0 Å². The predicted octanol–water partition coefficient (Wildman–Crippen LogP) is 2.20. The van der Waals surface area contributed by atoms with Crippen LogP contribution in [0.5, 0.6) is 5.75 Å². The van der Waals surface area contributed by atoms with Crippen LogP contribution >= 0.6 is 0 Å². The molecule has 90 valence electrons. The molecule has 2 N–H and O–H groups in total. The normalized spacial score (nSPS) is 14.6. The molecular weight excluding hydrogens is 204 g/mol. The van der Waals surface area contributed by atoms with Crippen molar-refractivity contribution in [3.8, 4) is 5.75 Å². The number of aryl methyl sites for hydroxylation is 1. The van der Waals surface area contributed by atoms with Crippen LogP contribution in [0.3, 0.4) is 0 Å². The monoisotopic (exact) mass is 224 g/mol. The largest absolute Gasteiger partial charge is 0.491 e. The molecule has 16 heavy (non-hydrogen) atoms. The molecule has 2 atom stereocenters. The van der Waals surface area contributed by atoms with Gasteiger partial charge in [0.1, 0.15) is 12.4 Å². The van der Waals surface area contributed by atoms with Crippen LogP contribution in [-0.4, -0.2) is 22.9 Å². The molecule has 3 nitrogen and oxygen atoms in total. The Kier molecular flexibility index (Phi) is 4.77. The highest BCUT2D eigenvalue weighted by Gasteiger charge is 2.07. The average Bonchev–Trinajstić information content (AvgIpc) is 2.26. The molecular formula is C13H20O3. The van der Waals surface area contributed by atoms with Gasteiger partial charge in [0.25, 0.3) is 0 Å². The van der Waals surface area contributed by atoms with Gasteiger partial charge < -0.3 is 14.9 Å². The van der Waals surface area contributed by atoms with Crippen LogP contribution in [0.2, 0.25) is 0 Å². The SMILES string of the molecule is CCC(O)COc1ccc([C@H](C)O)cc1C. The van der Waals surface area contributed by atoms with Gasteiger partial charge in [-0.3, -0.25) is 0 Å². The van der Waals surface area contributed by atoms with E-state index in [4.69, 9.17) is 4.74 Å². The van der Waals surface area contributed by atoms with E-state index < -0.39 is 12.2 Å². The zero-order chi connectivity index (χ0) is 12.1. The maximum Gasteiger partial charge on any atom is 0.122 e. The topological polar surface area (TPSA) is 49.7 Å². The maximum atomic E-state index is 9.41. The fraction of sp³-hybridized carbons (Fsp3) is 0.538. The lowest BCUT2D eigenvalue weighted by Gasteiger charge is -2.14. The summed E-state index contributed by atoms with van der Waals surface area (Å²) in [5, 5.41) is 18.8. The number of rotatable bonds is 5. The Morgan fingerprint density at radius 2 is 2.00 bits per heavy atom. The molecule has 0 amide bonds. The van der Waals surface area contributed by atoms with E-state index in [9.17, 15) is 10.2 Å². The van der Waals surface area contributed by atoms with Gasteiger partial charge in [0.05, 0.1) is 12.2 Å². The smallest absolute Gasteiger partial charge is 0.122 e. The summed E-state index contributed by atoms with van der Waals surface area (Å²) in [7, 11) is 0. The summed E-state index contributed by atoms with van der Waals surface area (Å²) in [5.41, 5.74) is 1.85. The van der Waals surface area contributed by atoms with Crippen LogP contribution in [0.15, 0.2) is 18.2 Å². The zero-order valence-corrected chi connectivity index (χ0v) is 10.1. The third kappa shape index (κ3) is 3.51. The summed E-state index contributed by atoms with van der Waals surface area (Å²) in [6.45, 7) is 5.89. The first-order valence-electron chi connectivity index (χ1n) is 5.64. The van der Waals surface area contributed by atoms with E-state index in [1.54, 1.807) is 6.92 Å². The van der Waals surface area contributed by atoms with Crippen LogP contribution in [0.25, 0.3) is 0 Å². The second-order valence-electron chi connectivity index (χ2n) is 4.07. The van der Waals surface area contributed by atoms with Crippen molar-refractivity contribution < 1.29 is 14.9 Å². The van der Waals surface area contributed by atoms with Crippen molar-refractivity contribution in [2.75, 3.05) is 6.61 Å². The van der Waals surface area contributed by atoms with Gasteiger partial charge >= 0.3 is 0 Å². The van der Waals surface area contributed by atoms with Gasteiger partial charge in [-0.1, -0.05) is 13.0 Å². The summed E-state index contributed by atoms with van der Waals surface area (Å²) >= 11 is 0. The zero-order valence-electron chi connectivity index (χ0n) is 10.1. The maximum absolute atomic E-state index is 9.41. The minimum absolute atomic E-state index is 0.311. The minimum atomic E-state index is -0.464. The second kappa shape index (κ2) is 5.87. The fourth-order valence-corrected chi connectivity index (χ4v) is 1.40. The quantitative estimate of drug-likeness (QED) is 0.806. The summed E-state index contributed by atoms with van der Waals surface area (Å²) in [4.78, 5) is 0. The molecule has 1 rings (SSSR count). The molecule has 0 radical (unpaired) electrons. The highest BCUT2D eigenvalue weighted by molar-refractivity contribution is 5.36. The van der Waals surface area contributed by atoms with Crippen LogP contribution in [0.4, 0.5) is 0 Å². The number of benzene rings is 1. The van der Waals surface area contributed by atoms with E-state index in [1.165, 1.54) is 0 Å². The van der Waals surface area contributed by atoms with E-state index in [0.717, 1.165) is 16.9 Å². The van der Waals surface area contributed by atoms with Gasteiger partial charge in [0.2, 0.25) is 0 Å². The summed E-state index contributed by atoms with van der Waals surface area (Å²) < 4.78 is 5.49. The van der Waals surface area contributed by atoms with Crippen LogP contribution in [0.1, 0.15) is 37.5 Å². The molecule has 0 spiro atoms. The Morgan fingerprint density at radius 3 is 2.50 bits per heavy atom. The molecule has 0 saturated heterocycles. The molecule has 1 aromatic rings. The fourth-order valence-electron chi connectivity index (χ4n) is 1.40. The van der Waals surface area contributed by atoms with E-state index in [0.29, 0.717) is 13.0 Å². The van der Waals surface area contributed by atoms with Crippen molar-refractivity contribution in [3.63, 3.8) is 0 Å². The van der Waals surface area contributed by atoms with E-state index in [2.05, 4.69) is 0 Å². The molecule has 0 aliphatic carbocycles. The van der Waals surface area contributed by atoms with Crippen molar-refractivity contribution >= 4 is 0 Å². The second-order valence-corrected chi connectivity index (χ2v) is 4.07. The highest BCUT2D eigenvalue weighted by atomic mass is 16.5. The number of hydrogen-bond acceptors (Lipinski definition) is 3. The predicted molar refractivity (Wildman–Crippen MR) is 63.6 cm³/mol. The third-order valence-electron chi connectivity index (χ3n) is 2.58. The van der Waals surface area contributed by atoms with E-state index in [1.807, 2.05) is 32.0 Å². The molecule has 1 unspecified atom stereocenters. The Morgan fingerprint density at radius 1 is 1.31 bits per heavy atom. The number of ether oxygens (including phenoxy) is 1. The summed E-state index contributed by atoms with van der Waals surface area (Å²) in [6.07, 6.45) is -0.199. The molecule has 0 heterocycles. The first-order chi connectivity index (χ1) is 7.54. The Labute approximate surface area is 96.7 Å². The first kappa shape index (κ1) is 13.0. The first-order valence-corrected chi connectivity index (χ1v) is 5.64. The highest BCUT2D eigenvalue weighted by Crippen LogP contribution is 2.22. The third-order valence-corrected chi connectivity index (χ3v) is 2.58. The van der Waals surface area contributed by atoms with Crippen LogP contribution in [-0.2, 0) is 0 Å². The van der Waals surface area contributed by atoms with Crippen molar-refractivity contribution in [1.29, 1.82) is 0 Å². The summed E-state index contributed by atoms with van der Waals surface area (Å²) in [5.74, 6) is 0.761. The van der Waals surface area contributed by atoms with Gasteiger partial charge in [-0.2, -0.15) is 0 Å². The molecule has 0 saturated carbocycles. The molecule has 0 aliphatic rings. The lowest BCUT2D eigenvalue weighted by molar-refractivity contribution is 0.104. The van der Waals surface area contributed by atoms with E-state index in [-0.39, 0.29) is 0 Å². The van der Waals surface area contributed by atoms with Gasteiger partial charge in [-0.25, -0.2) is 0 Å². The van der Waals surface area contributed by atoms with Crippen molar-refractivity contribution in [1.82, 2.24) is 0 Å². The summed E-state index contributed by atoms with van der Waals surface area (Å²) in [6, 6.07) is 5.57. The lowest BCUT2D eigenvalue weighted by atomic mass is 10.1. The standard InChI is InChI=1S/C13H20O3/c1-4-12(15)8-16-13-6-5-11(10(3)14)7-9(13)2/h5-7,10,12,14-15H,4,8H2,1-3H3/t10-,12?/m0/s1. The Balaban J connectivity index is 2.68. The average molecular weight is 224 g/mol. The van der Waals surface area contributed by atoms with Crippen molar-refractivity contribution in [2.24, 2.45) is 0 Å². The van der Waals surface area contributed by atoms with Gasteiger partial charge in [0.15, 0.2) is 0 Å². The number of hydrogen-bond donors (Lipinski definition) is 2. The minimum Gasteiger partial charge on any atom is -0.491 e. The number of aliphatic hydroxyl groups excluding tert-OH is 2. The molecule has 0 bridgehead atoms. The van der Waals surface area contributed by atoms with Crippen molar-refractivity contribution in [2.45, 2.75) is 39.4 Å². The Hall–Kier alpha value is -1.06. The Bertz CT molecular complexity index is 334. The van der Waals surface area contributed by atoms with Gasteiger partial charge in [-0.05, 0) is 43.5 Å². The van der Waals surface area contributed by atoms with Crippen LogP contribution in [0, 0.1) is 6.92 Å². The molecule has 3 heteroatoms. The van der Waals surface area contributed by atoms with Crippen LogP contribution < -0.4 is 4.74 Å². The van der Waals surface area contributed by atoms with E-state index >= 15 is 0 Å². The van der Waals surface area contributed by atoms with Gasteiger partial charge in [0, 0.05) is 0 Å². The lowest BCUT2D eigenvalue weighted by Crippen LogP contribution is -2.16. The molecule has 0 aliphatic heterocycles. The molecule has 0 fully saturated rings. The van der Waals surface area contributed by atoms with Crippen molar-refractivity contribution in [3.05, 3.63) is 29.3 Å².